The molecule has 0 fully saturated rings. The smallest absolute Gasteiger partial charge is 0.302 e. The van der Waals surface area contributed by atoms with Crippen LogP contribution in [0.4, 0.5) is 0 Å². The average Bonchev–Trinajstić information content (AvgIpc) is 2.11. The topological polar surface area (TPSA) is 26.3 Å². The zero-order valence-electron chi connectivity index (χ0n) is 9.09. The van der Waals surface area contributed by atoms with Gasteiger partial charge in [0.2, 0.25) is 0 Å². The molecule has 2 heteroatoms. The van der Waals surface area contributed by atoms with Crippen LogP contribution in [0, 0.1) is 11.8 Å². The van der Waals surface area contributed by atoms with E-state index < -0.39 is 0 Å². The molecule has 76 valence electrons. The van der Waals surface area contributed by atoms with Crippen molar-refractivity contribution in [1.82, 2.24) is 0 Å². The Morgan fingerprint density at radius 1 is 1.46 bits per heavy atom. The van der Waals surface area contributed by atoms with Gasteiger partial charge in [-0.2, -0.15) is 0 Å². The molecule has 0 spiro atoms. The first kappa shape index (κ1) is 12.2. The molecule has 0 aromatic rings. The zero-order chi connectivity index (χ0) is 10.4. The molecule has 2 nitrogen and oxygen atoms in total. The Labute approximate surface area is 81.0 Å². The van der Waals surface area contributed by atoms with E-state index in [0.717, 1.165) is 12.0 Å². The molecular weight excluding hydrogens is 164 g/mol. The van der Waals surface area contributed by atoms with E-state index in [2.05, 4.69) is 27.4 Å². The molecule has 0 aromatic carbocycles. The Bertz CT molecular complexity index is 185. The molecule has 0 aromatic heterocycles. The second-order valence-corrected chi connectivity index (χ2v) is 3.61. The van der Waals surface area contributed by atoms with Crippen LogP contribution in [0.1, 0.15) is 34.1 Å². The number of hydrogen-bond acceptors (Lipinski definition) is 2. The van der Waals surface area contributed by atoms with Gasteiger partial charge < -0.3 is 4.74 Å². The fourth-order valence-corrected chi connectivity index (χ4v) is 1.08. The fourth-order valence-electron chi connectivity index (χ4n) is 1.08. The Hall–Kier alpha value is -0.790. The maximum Gasteiger partial charge on any atom is 0.302 e. The lowest BCUT2D eigenvalue weighted by Gasteiger charge is -2.20. The van der Waals surface area contributed by atoms with Gasteiger partial charge in [-0.3, -0.25) is 4.79 Å². The summed E-state index contributed by atoms with van der Waals surface area (Å²) in [6.45, 7) is 12.2. The minimum Gasteiger partial charge on any atom is -0.461 e. The van der Waals surface area contributed by atoms with Crippen LogP contribution in [0.2, 0.25) is 0 Å². The van der Waals surface area contributed by atoms with Crippen molar-refractivity contribution in [2.24, 2.45) is 11.8 Å². The summed E-state index contributed by atoms with van der Waals surface area (Å²) in [5, 5.41) is 0. The lowest BCUT2D eigenvalue weighted by Crippen LogP contribution is -2.14. The van der Waals surface area contributed by atoms with Gasteiger partial charge in [0, 0.05) is 6.92 Å². The summed E-state index contributed by atoms with van der Waals surface area (Å²) in [5.74, 6) is 0.782. The van der Waals surface area contributed by atoms with E-state index >= 15 is 0 Å². The Morgan fingerprint density at radius 3 is 2.38 bits per heavy atom. The molecule has 0 N–H and O–H groups in total. The van der Waals surface area contributed by atoms with Crippen LogP contribution < -0.4 is 0 Å². The van der Waals surface area contributed by atoms with Crippen LogP contribution in [0.15, 0.2) is 12.2 Å². The van der Waals surface area contributed by atoms with Crippen molar-refractivity contribution in [3.05, 3.63) is 12.2 Å². The summed E-state index contributed by atoms with van der Waals surface area (Å²) >= 11 is 0. The number of carbonyl (C=O) groups is 1. The maximum atomic E-state index is 10.5. The molecule has 0 bridgehead atoms. The van der Waals surface area contributed by atoms with E-state index in [4.69, 9.17) is 4.74 Å². The number of rotatable bonds is 5. The highest BCUT2D eigenvalue weighted by Crippen LogP contribution is 2.21. The van der Waals surface area contributed by atoms with Crippen LogP contribution in [0.3, 0.4) is 0 Å². The molecule has 0 saturated heterocycles. The highest BCUT2D eigenvalue weighted by Gasteiger charge is 2.14. The second-order valence-electron chi connectivity index (χ2n) is 3.61. The molecule has 0 radical (unpaired) electrons. The van der Waals surface area contributed by atoms with Crippen LogP contribution in [0.5, 0.6) is 0 Å². The van der Waals surface area contributed by atoms with Crippen molar-refractivity contribution in [2.75, 3.05) is 6.61 Å². The minimum absolute atomic E-state index is 0.238. The van der Waals surface area contributed by atoms with Gasteiger partial charge in [-0.25, -0.2) is 0 Å². The first-order valence-corrected chi connectivity index (χ1v) is 4.80. The number of hydrogen-bond donors (Lipinski definition) is 0. The van der Waals surface area contributed by atoms with Crippen molar-refractivity contribution in [3.8, 4) is 0 Å². The standard InChI is InChI=1S/C11H20O2/c1-6-8(2)10(4)9(3)7-13-11(5)12/h8,10H,3,6-7H2,1-2,4-5H3. The Morgan fingerprint density at radius 2 is 2.00 bits per heavy atom. The van der Waals surface area contributed by atoms with Crippen molar-refractivity contribution in [3.63, 3.8) is 0 Å². The van der Waals surface area contributed by atoms with E-state index in [-0.39, 0.29) is 5.97 Å². The molecule has 2 atom stereocenters. The largest absolute Gasteiger partial charge is 0.461 e. The number of carbonyl (C=O) groups excluding carboxylic acids is 1. The van der Waals surface area contributed by atoms with Crippen LogP contribution in [0.25, 0.3) is 0 Å². The monoisotopic (exact) mass is 184 g/mol. The lowest BCUT2D eigenvalue weighted by atomic mass is 9.88. The second kappa shape index (κ2) is 5.79. The summed E-state index contributed by atoms with van der Waals surface area (Å²) < 4.78 is 4.88. The summed E-state index contributed by atoms with van der Waals surface area (Å²) in [5.41, 5.74) is 1.00. The van der Waals surface area contributed by atoms with E-state index in [1.54, 1.807) is 0 Å². The zero-order valence-corrected chi connectivity index (χ0v) is 9.09. The lowest BCUT2D eigenvalue weighted by molar-refractivity contribution is -0.140. The summed E-state index contributed by atoms with van der Waals surface area (Å²) in [4.78, 5) is 10.5. The van der Waals surface area contributed by atoms with Gasteiger partial charge in [-0.15, -0.1) is 0 Å². The SMILES string of the molecule is C=C(COC(C)=O)C(C)C(C)CC. The van der Waals surface area contributed by atoms with Gasteiger partial charge in [0.1, 0.15) is 6.61 Å². The highest BCUT2D eigenvalue weighted by molar-refractivity contribution is 5.66. The van der Waals surface area contributed by atoms with E-state index in [0.29, 0.717) is 18.4 Å². The fraction of sp³-hybridized carbons (Fsp3) is 0.727. The van der Waals surface area contributed by atoms with Gasteiger partial charge >= 0.3 is 5.97 Å². The summed E-state index contributed by atoms with van der Waals surface area (Å²) in [6.07, 6.45) is 1.13. The molecule has 2 unspecified atom stereocenters. The first-order chi connectivity index (χ1) is 5.99. The third-order valence-electron chi connectivity index (χ3n) is 2.60. The molecule has 0 heterocycles. The van der Waals surface area contributed by atoms with Gasteiger partial charge in [0.05, 0.1) is 0 Å². The van der Waals surface area contributed by atoms with Crippen LogP contribution in [-0.4, -0.2) is 12.6 Å². The van der Waals surface area contributed by atoms with E-state index in [9.17, 15) is 4.79 Å². The molecular formula is C11H20O2. The summed E-state index contributed by atoms with van der Waals surface area (Å²) in [7, 11) is 0. The third-order valence-corrected chi connectivity index (χ3v) is 2.60. The maximum absolute atomic E-state index is 10.5. The van der Waals surface area contributed by atoms with Crippen molar-refractivity contribution in [2.45, 2.75) is 34.1 Å². The van der Waals surface area contributed by atoms with Gasteiger partial charge in [0.25, 0.3) is 0 Å². The molecule has 0 aliphatic rings. The predicted molar refractivity (Wildman–Crippen MR) is 54.4 cm³/mol. The molecule has 0 saturated carbocycles. The van der Waals surface area contributed by atoms with Gasteiger partial charge in [-0.05, 0) is 17.4 Å². The van der Waals surface area contributed by atoms with Crippen molar-refractivity contribution < 1.29 is 9.53 Å². The third kappa shape index (κ3) is 4.71. The Kier molecular flexibility index (Phi) is 5.44. The van der Waals surface area contributed by atoms with Crippen LogP contribution >= 0.6 is 0 Å². The van der Waals surface area contributed by atoms with Crippen molar-refractivity contribution >= 4 is 5.97 Å². The van der Waals surface area contributed by atoms with E-state index in [1.807, 2.05) is 0 Å². The first-order valence-electron chi connectivity index (χ1n) is 4.80. The average molecular weight is 184 g/mol. The minimum atomic E-state index is -0.238. The summed E-state index contributed by atoms with van der Waals surface area (Å²) in [6, 6.07) is 0. The molecule has 0 rings (SSSR count). The normalized spacial score (nSPS) is 14.8. The molecule has 13 heavy (non-hydrogen) atoms. The van der Waals surface area contributed by atoms with Gasteiger partial charge in [0.15, 0.2) is 0 Å². The predicted octanol–water partition coefficient (Wildman–Crippen LogP) is 2.79. The van der Waals surface area contributed by atoms with E-state index in [1.165, 1.54) is 6.92 Å². The Balaban J connectivity index is 3.89. The number of esters is 1. The van der Waals surface area contributed by atoms with Crippen LogP contribution in [-0.2, 0) is 9.53 Å². The highest BCUT2D eigenvalue weighted by atomic mass is 16.5. The number of ether oxygens (including phenoxy) is 1. The van der Waals surface area contributed by atoms with Gasteiger partial charge in [-0.1, -0.05) is 33.8 Å². The molecule has 0 aliphatic carbocycles. The molecule has 0 amide bonds. The molecule has 0 aliphatic heterocycles. The quantitative estimate of drug-likeness (QED) is 0.485. The van der Waals surface area contributed by atoms with Crippen molar-refractivity contribution in [1.29, 1.82) is 0 Å².